The third kappa shape index (κ3) is 4.90. The Morgan fingerprint density at radius 1 is 1.00 bits per heavy atom. The van der Waals surface area contributed by atoms with Crippen molar-refractivity contribution in [1.29, 1.82) is 0 Å². The topological polar surface area (TPSA) is 69.0 Å². The Morgan fingerprint density at radius 3 is 2.45 bits per heavy atom. The zero-order valence-electron chi connectivity index (χ0n) is 16.7. The molecule has 0 fully saturated rings. The third-order valence-electron chi connectivity index (χ3n) is 4.46. The molecule has 0 unspecified atom stereocenters. The summed E-state index contributed by atoms with van der Waals surface area (Å²) >= 11 is 7.38. The molecule has 4 rings (SSSR count). The highest BCUT2D eigenvalue weighted by Gasteiger charge is 2.19. The quantitative estimate of drug-likeness (QED) is 0.385. The maximum Gasteiger partial charge on any atom is 0.234 e. The summed E-state index contributed by atoms with van der Waals surface area (Å²) in [6.45, 7) is 0. The summed E-state index contributed by atoms with van der Waals surface area (Å²) < 4.78 is 7.41. The number of ether oxygens (including phenoxy) is 1. The molecule has 3 aromatic carbocycles. The van der Waals surface area contributed by atoms with Gasteiger partial charge in [-0.25, -0.2) is 0 Å². The van der Waals surface area contributed by atoms with Crippen LogP contribution in [0, 0.1) is 0 Å². The van der Waals surface area contributed by atoms with E-state index in [1.807, 2.05) is 71.3 Å². The summed E-state index contributed by atoms with van der Waals surface area (Å²) in [6.07, 6.45) is 0. The van der Waals surface area contributed by atoms with Gasteiger partial charge in [0.15, 0.2) is 11.0 Å². The highest BCUT2D eigenvalue weighted by Crippen LogP contribution is 2.33. The minimum Gasteiger partial charge on any atom is -0.496 e. The average Bonchev–Trinajstić information content (AvgIpc) is 3.22. The van der Waals surface area contributed by atoms with Gasteiger partial charge < -0.3 is 10.1 Å². The minimum atomic E-state index is -0.124. The lowest BCUT2D eigenvalue weighted by Gasteiger charge is -2.12. The van der Waals surface area contributed by atoms with E-state index in [0.717, 1.165) is 16.9 Å². The summed E-state index contributed by atoms with van der Waals surface area (Å²) in [5, 5.41) is 12.9. The molecule has 0 saturated carbocycles. The van der Waals surface area contributed by atoms with Crippen LogP contribution in [-0.2, 0) is 4.79 Å². The molecule has 0 aliphatic carbocycles. The van der Waals surface area contributed by atoms with Gasteiger partial charge in [0, 0.05) is 16.4 Å². The van der Waals surface area contributed by atoms with Crippen molar-refractivity contribution in [3.63, 3.8) is 0 Å². The first-order chi connectivity index (χ1) is 15.2. The molecular formula is C23H19ClN4O2S. The fourth-order valence-corrected chi connectivity index (χ4v) is 3.92. The van der Waals surface area contributed by atoms with E-state index in [9.17, 15) is 4.79 Å². The molecule has 0 spiro atoms. The molecule has 156 valence electrons. The van der Waals surface area contributed by atoms with Crippen LogP contribution < -0.4 is 10.1 Å². The molecule has 1 heterocycles. The summed E-state index contributed by atoms with van der Waals surface area (Å²) in [4.78, 5) is 12.4. The van der Waals surface area contributed by atoms with Crippen LogP contribution in [0.4, 0.5) is 5.69 Å². The molecule has 1 amide bonds. The average molecular weight is 451 g/mol. The lowest BCUT2D eigenvalue weighted by Crippen LogP contribution is -2.14. The van der Waals surface area contributed by atoms with Crippen LogP contribution in [-0.4, -0.2) is 33.5 Å². The van der Waals surface area contributed by atoms with Crippen LogP contribution in [0.2, 0.25) is 5.02 Å². The number of hydrogen-bond acceptors (Lipinski definition) is 5. The molecule has 0 aliphatic heterocycles. The highest BCUT2D eigenvalue weighted by atomic mass is 35.5. The van der Waals surface area contributed by atoms with Crippen molar-refractivity contribution in [2.45, 2.75) is 5.16 Å². The fraction of sp³-hybridized carbons (Fsp3) is 0.0870. The Hall–Kier alpha value is -3.29. The van der Waals surface area contributed by atoms with Crippen LogP contribution in [0.25, 0.3) is 17.1 Å². The molecule has 0 radical (unpaired) electrons. The summed E-state index contributed by atoms with van der Waals surface area (Å²) in [7, 11) is 1.62. The first kappa shape index (κ1) is 21.0. The van der Waals surface area contributed by atoms with Crippen molar-refractivity contribution in [2.75, 3.05) is 18.2 Å². The Morgan fingerprint density at radius 2 is 1.71 bits per heavy atom. The number of anilines is 1. The van der Waals surface area contributed by atoms with Gasteiger partial charge in [0.25, 0.3) is 0 Å². The van der Waals surface area contributed by atoms with Gasteiger partial charge in [-0.3, -0.25) is 9.36 Å². The molecular weight excluding hydrogens is 432 g/mol. The minimum absolute atomic E-state index is 0.124. The van der Waals surface area contributed by atoms with Crippen molar-refractivity contribution >= 4 is 35.0 Å². The number of methoxy groups -OCH3 is 1. The van der Waals surface area contributed by atoms with Crippen LogP contribution in [0.3, 0.4) is 0 Å². The first-order valence-corrected chi connectivity index (χ1v) is 10.8. The molecule has 0 bridgehead atoms. The van der Waals surface area contributed by atoms with E-state index in [4.69, 9.17) is 16.3 Å². The fourth-order valence-electron chi connectivity index (χ4n) is 3.04. The zero-order chi connectivity index (χ0) is 21.6. The molecule has 4 aromatic rings. The third-order valence-corrected chi connectivity index (χ3v) is 5.64. The normalized spacial score (nSPS) is 10.6. The number of para-hydroxylation sites is 2. The molecule has 1 N–H and O–H groups in total. The van der Waals surface area contributed by atoms with E-state index in [1.165, 1.54) is 11.8 Å². The van der Waals surface area contributed by atoms with E-state index in [-0.39, 0.29) is 11.7 Å². The second-order valence-corrected chi connectivity index (χ2v) is 7.90. The largest absolute Gasteiger partial charge is 0.496 e. The number of hydrogen-bond donors (Lipinski definition) is 1. The Labute approximate surface area is 189 Å². The summed E-state index contributed by atoms with van der Waals surface area (Å²) in [5.74, 6) is 1.36. The maximum atomic E-state index is 12.4. The zero-order valence-corrected chi connectivity index (χ0v) is 18.2. The molecule has 1 aromatic heterocycles. The predicted molar refractivity (Wildman–Crippen MR) is 124 cm³/mol. The summed E-state index contributed by atoms with van der Waals surface area (Å²) in [5.41, 5.74) is 2.39. The van der Waals surface area contributed by atoms with E-state index in [0.29, 0.717) is 21.8 Å². The maximum absolute atomic E-state index is 12.4. The molecule has 31 heavy (non-hydrogen) atoms. The Bertz CT molecular complexity index is 1180. The van der Waals surface area contributed by atoms with Crippen molar-refractivity contribution in [3.05, 3.63) is 83.9 Å². The van der Waals surface area contributed by atoms with Gasteiger partial charge >= 0.3 is 0 Å². The van der Waals surface area contributed by atoms with Gasteiger partial charge in [0.05, 0.1) is 18.4 Å². The first-order valence-electron chi connectivity index (χ1n) is 9.48. The van der Waals surface area contributed by atoms with Gasteiger partial charge in [0.2, 0.25) is 5.91 Å². The van der Waals surface area contributed by atoms with Crippen LogP contribution in [0.15, 0.2) is 84.0 Å². The predicted octanol–water partition coefficient (Wildman–Crippen LogP) is 5.33. The standard InChI is InChI=1S/C23H19ClN4O2S/c1-30-20-10-6-5-9-19(20)22-26-27-23(28(22)18-13-11-16(24)12-14-18)31-15-21(29)25-17-7-3-2-4-8-17/h2-14H,15H2,1H3,(H,25,29). The van der Waals surface area contributed by atoms with Gasteiger partial charge in [-0.2, -0.15) is 0 Å². The highest BCUT2D eigenvalue weighted by molar-refractivity contribution is 7.99. The van der Waals surface area contributed by atoms with Gasteiger partial charge in [-0.15, -0.1) is 10.2 Å². The van der Waals surface area contributed by atoms with Crippen LogP contribution in [0.5, 0.6) is 5.75 Å². The lowest BCUT2D eigenvalue weighted by atomic mass is 10.2. The van der Waals surface area contributed by atoms with Crippen molar-refractivity contribution in [1.82, 2.24) is 14.8 Å². The number of nitrogens with one attached hydrogen (secondary N) is 1. The number of carbonyl (C=O) groups excluding carboxylic acids is 1. The number of halogens is 1. The number of nitrogens with zero attached hydrogens (tertiary/aromatic N) is 3. The van der Waals surface area contributed by atoms with E-state index in [1.54, 1.807) is 19.2 Å². The molecule has 0 saturated heterocycles. The van der Waals surface area contributed by atoms with E-state index < -0.39 is 0 Å². The van der Waals surface area contributed by atoms with E-state index >= 15 is 0 Å². The number of benzene rings is 3. The van der Waals surface area contributed by atoms with Crippen molar-refractivity contribution < 1.29 is 9.53 Å². The van der Waals surface area contributed by atoms with Gasteiger partial charge in [-0.1, -0.05) is 53.7 Å². The van der Waals surface area contributed by atoms with Crippen LogP contribution >= 0.6 is 23.4 Å². The van der Waals surface area contributed by atoms with Crippen molar-refractivity contribution in [2.24, 2.45) is 0 Å². The Kier molecular flexibility index (Phi) is 6.54. The number of amides is 1. The lowest BCUT2D eigenvalue weighted by molar-refractivity contribution is -0.113. The van der Waals surface area contributed by atoms with Crippen LogP contribution in [0.1, 0.15) is 0 Å². The smallest absolute Gasteiger partial charge is 0.234 e. The second-order valence-electron chi connectivity index (χ2n) is 6.52. The number of carbonyl (C=O) groups is 1. The molecule has 6 nitrogen and oxygen atoms in total. The van der Waals surface area contributed by atoms with Gasteiger partial charge in [0.1, 0.15) is 5.75 Å². The van der Waals surface area contributed by atoms with Crippen molar-refractivity contribution in [3.8, 4) is 22.8 Å². The van der Waals surface area contributed by atoms with Gasteiger partial charge in [-0.05, 0) is 48.5 Å². The molecule has 0 atom stereocenters. The van der Waals surface area contributed by atoms with E-state index in [2.05, 4.69) is 15.5 Å². The SMILES string of the molecule is COc1ccccc1-c1nnc(SCC(=O)Nc2ccccc2)n1-c1ccc(Cl)cc1. The second kappa shape index (κ2) is 9.68. The summed E-state index contributed by atoms with van der Waals surface area (Å²) in [6, 6.07) is 24.3. The molecule has 8 heteroatoms. The Balaban J connectivity index is 1.65. The number of thioether (sulfide) groups is 1. The number of aromatic nitrogens is 3. The molecule has 0 aliphatic rings. The monoisotopic (exact) mass is 450 g/mol. The number of rotatable bonds is 7.